The lowest BCUT2D eigenvalue weighted by atomic mass is 10.1. The third-order valence-electron chi connectivity index (χ3n) is 3.56. The number of carbonyl (C=O) groups excluding carboxylic acids is 1. The summed E-state index contributed by atoms with van der Waals surface area (Å²) >= 11 is 0. The molecule has 0 bridgehead atoms. The maximum atomic E-state index is 12.2. The molecule has 0 aliphatic carbocycles. The van der Waals surface area contributed by atoms with Crippen molar-refractivity contribution in [1.82, 2.24) is 0 Å². The van der Waals surface area contributed by atoms with Crippen molar-refractivity contribution in [3.05, 3.63) is 53.6 Å². The molecule has 2 rings (SSSR count). The van der Waals surface area contributed by atoms with Gasteiger partial charge >= 0.3 is 0 Å². The molecule has 0 saturated carbocycles. The third-order valence-corrected chi connectivity index (χ3v) is 3.56. The molecule has 0 heterocycles. The summed E-state index contributed by atoms with van der Waals surface area (Å²) in [6.45, 7) is 4.22. The summed E-state index contributed by atoms with van der Waals surface area (Å²) in [5.74, 6) is -0.0607. The smallest absolute Gasteiger partial charge is 0.243 e. The van der Waals surface area contributed by atoms with E-state index in [-0.39, 0.29) is 5.91 Å². The van der Waals surface area contributed by atoms with E-state index in [1.807, 2.05) is 68.3 Å². The van der Waals surface area contributed by atoms with Crippen molar-refractivity contribution in [3.8, 4) is 0 Å². The number of nitrogens with zero attached hydrogens (tertiary/aromatic N) is 1. The van der Waals surface area contributed by atoms with Crippen LogP contribution in [-0.4, -0.2) is 19.5 Å². The lowest BCUT2D eigenvalue weighted by Gasteiger charge is -2.21. The number of anilines is 3. The van der Waals surface area contributed by atoms with Crippen molar-refractivity contribution in [1.29, 1.82) is 0 Å². The van der Waals surface area contributed by atoms with Crippen LogP contribution in [0.15, 0.2) is 42.5 Å². The summed E-state index contributed by atoms with van der Waals surface area (Å²) in [5.41, 5.74) is 10.4. The van der Waals surface area contributed by atoms with Gasteiger partial charge in [0.1, 0.15) is 0 Å². The Morgan fingerprint density at radius 2 is 1.86 bits per heavy atom. The zero-order valence-corrected chi connectivity index (χ0v) is 12.7. The first-order valence-electron chi connectivity index (χ1n) is 6.90. The molecule has 0 aliphatic heterocycles. The van der Waals surface area contributed by atoms with E-state index in [9.17, 15) is 4.79 Å². The van der Waals surface area contributed by atoms with Crippen molar-refractivity contribution >= 4 is 23.0 Å². The molecule has 4 heteroatoms. The van der Waals surface area contributed by atoms with Crippen LogP contribution in [-0.2, 0) is 4.79 Å². The average Bonchev–Trinajstić information content (AvgIpc) is 2.44. The Morgan fingerprint density at radius 1 is 1.14 bits per heavy atom. The number of para-hydroxylation sites is 1. The minimum atomic E-state index is -0.0607. The maximum absolute atomic E-state index is 12.2. The van der Waals surface area contributed by atoms with Crippen molar-refractivity contribution in [3.63, 3.8) is 0 Å². The number of hydrogen-bond acceptors (Lipinski definition) is 3. The van der Waals surface area contributed by atoms with Crippen LogP contribution in [0, 0.1) is 13.8 Å². The predicted molar refractivity (Wildman–Crippen MR) is 88.7 cm³/mol. The van der Waals surface area contributed by atoms with Crippen molar-refractivity contribution < 1.29 is 4.79 Å². The molecule has 2 aromatic rings. The molecule has 0 spiro atoms. The van der Waals surface area contributed by atoms with E-state index >= 15 is 0 Å². The van der Waals surface area contributed by atoms with E-state index in [0.29, 0.717) is 12.2 Å². The molecule has 0 unspecified atom stereocenters. The number of likely N-dealkylation sites (N-methyl/N-ethyl adjacent to an activating group) is 1. The van der Waals surface area contributed by atoms with Gasteiger partial charge in [0, 0.05) is 24.1 Å². The number of amides is 1. The standard InChI is InChI=1S/C17H21N3O/c1-12-7-4-5-10-16(12)20(3)11-17(21)19-15-9-6-8-14(18)13(15)2/h4-10H,11,18H2,1-3H3,(H,19,21). The number of carbonyl (C=O) groups is 1. The van der Waals surface area contributed by atoms with Gasteiger partial charge in [-0.1, -0.05) is 24.3 Å². The van der Waals surface area contributed by atoms with Gasteiger partial charge < -0.3 is 16.0 Å². The lowest BCUT2D eigenvalue weighted by Crippen LogP contribution is -2.30. The molecular formula is C17H21N3O. The molecule has 0 aliphatic rings. The van der Waals surface area contributed by atoms with Gasteiger partial charge in [0.25, 0.3) is 0 Å². The Kier molecular flexibility index (Phi) is 4.48. The Labute approximate surface area is 125 Å². The fraction of sp³-hybridized carbons (Fsp3) is 0.235. The molecule has 0 radical (unpaired) electrons. The largest absolute Gasteiger partial charge is 0.398 e. The SMILES string of the molecule is Cc1ccccc1N(C)CC(=O)Nc1cccc(N)c1C. The first-order chi connectivity index (χ1) is 9.99. The number of nitrogens with two attached hydrogens (primary N) is 1. The van der Waals surface area contributed by atoms with E-state index in [1.54, 1.807) is 0 Å². The Bertz CT molecular complexity index is 652. The van der Waals surface area contributed by atoms with Crippen LogP contribution in [0.4, 0.5) is 17.1 Å². The summed E-state index contributed by atoms with van der Waals surface area (Å²) in [6, 6.07) is 13.5. The van der Waals surface area contributed by atoms with Crippen LogP contribution in [0.3, 0.4) is 0 Å². The zero-order chi connectivity index (χ0) is 15.4. The molecule has 0 fully saturated rings. The maximum Gasteiger partial charge on any atom is 0.243 e. The van der Waals surface area contributed by atoms with E-state index in [1.165, 1.54) is 0 Å². The van der Waals surface area contributed by atoms with Crippen LogP contribution < -0.4 is 16.0 Å². The van der Waals surface area contributed by atoms with Crippen molar-refractivity contribution in [2.24, 2.45) is 0 Å². The predicted octanol–water partition coefficient (Wildman–Crippen LogP) is 2.96. The summed E-state index contributed by atoms with van der Waals surface area (Å²) in [5, 5.41) is 2.91. The van der Waals surface area contributed by atoms with Crippen LogP contribution in [0.1, 0.15) is 11.1 Å². The van der Waals surface area contributed by atoms with Crippen LogP contribution in [0.5, 0.6) is 0 Å². The Balaban J connectivity index is 2.05. The van der Waals surface area contributed by atoms with Gasteiger partial charge in [0.15, 0.2) is 0 Å². The molecule has 1 amide bonds. The molecule has 2 aromatic carbocycles. The molecule has 0 atom stereocenters. The number of benzene rings is 2. The van der Waals surface area contributed by atoms with Gasteiger partial charge in [-0.05, 0) is 43.2 Å². The first kappa shape index (κ1) is 14.9. The van der Waals surface area contributed by atoms with Crippen LogP contribution >= 0.6 is 0 Å². The molecule has 110 valence electrons. The molecule has 3 N–H and O–H groups in total. The highest BCUT2D eigenvalue weighted by Crippen LogP contribution is 2.21. The van der Waals surface area contributed by atoms with E-state index in [0.717, 1.165) is 22.5 Å². The van der Waals surface area contributed by atoms with Crippen LogP contribution in [0.2, 0.25) is 0 Å². The zero-order valence-electron chi connectivity index (χ0n) is 12.7. The molecule has 0 saturated heterocycles. The fourth-order valence-corrected chi connectivity index (χ4v) is 2.27. The van der Waals surface area contributed by atoms with E-state index in [4.69, 9.17) is 5.73 Å². The normalized spacial score (nSPS) is 10.2. The highest BCUT2D eigenvalue weighted by Gasteiger charge is 2.11. The van der Waals surface area contributed by atoms with Gasteiger partial charge in [-0.15, -0.1) is 0 Å². The van der Waals surface area contributed by atoms with Gasteiger partial charge in [0.05, 0.1) is 6.54 Å². The first-order valence-corrected chi connectivity index (χ1v) is 6.90. The minimum Gasteiger partial charge on any atom is -0.398 e. The van der Waals surface area contributed by atoms with Gasteiger partial charge in [-0.2, -0.15) is 0 Å². The van der Waals surface area contributed by atoms with Crippen molar-refractivity contribution in [2.45, 2.75) is 13.8 Å². The second-order valence-corrected chi connectivity index (χ2v) is 5.21. The summed E-state index contributed by atoms with van der Waals surface area (Å²) in [4.78, 5) is 14.1. The average molecular weight is 283 g/mol. The summed E-state index contributed by atoms with van der Waals surface area (Å²) < 4.78 is 0. The lowest BCUT2D eigenvalue weighted by molar-refractivity contribution is -0.114. The summed E-state index contributed by atoms with van der Waals surface area (Å²) in [7, 11) is 1.91. The van der Waals surface area contributed by atoms with Crippen LogP contribution in [0.25, 0.3) is 0 Å². The minimum absolute atomic E-state index is 0.0607. The molecular weight excluding hydrogens is 262 g/mol. The number of nitrogen functional groups attached to an aromatic ring is 1. The Hall–Kier alpha value is -2.49. The number of aryl methyl sites for hydroxylation is 1. The van der Waals surface area contributed by atoms with E-state index in [2.05, 4.69) is 5.32 Å². The number of rotatable bonds is 4. The quantitative estimate of drug-likeness (QED) is 0.848. The van der Waals surface area contributed by atoms with E-state index < -0.39 is 0 Å². The Morgan fingerprint density at radius 3 is 2.57 bits per heavy atom. The molecule has 21 heavy (non-hydrogen) atoms. The van der Waals surface area contributed by atoms with Crippen molar-refractivity contribution in [2.75, 3.05) is 29.5 Å². The molecule has 0 aromatic heterocycles. The molecule has 4 nitrogen and oxygen atoms in total. The van der Waals surface area contributed by atoms with Gasteiger partial charge in [-0.25, -0.2) is 0 Å². The second-order valence-electron chi connectivity index (χ2n) is 5.21. The second kappa shape index (κ2) is 6.31. The van der Waals surface area contributed by atoms with Gasteiger partial charge in [0.2, 0.25) is 5.91 Å². The fourth-order valence-electron chi connectivity index (χ4n) is 2.27. The highest BCUT2D eigenvalue weighted by atomic mass is 16.2. The number of nitrogens with one attached hydrogen (secondary N) is 1. The topological polar surface area (TPSA) is 58.4 Å². The van der Waals surface area contributed by atoms with Gasteiger partial charge in [-0.3, -0.25) is 4.79 Å². The summed E-state index contributed by atoms with van der Waals surface area (Å²) in [6.07, 6.45) is 0. The number of hydrogen-bond donors (Lipinski definition) is 2. The monoisotopic (exact) mass is 283 g/mol. The third kappa shape index (κ3) is 3.54. The highest BCUT2D eigenvalue weighted by molar-refractivity contribution is 5.95.